The summed E-state index contributed by atoms with van der Waals surface area (Å²) in [5.41, 5.74) is 3.67. The third kappa shape index (κ3) is 4.26. The highest BCUT2D eigenvalue weighted by Crippen LogP contribution is 2.20. The first-order valence-corrected chi connectivity index (χ1v) is 8.87. The van der Waals surface area contributed by atoms with Gasteiger partial charge in [-0.25, -0.2) is 0 Å². The molecule has 136 valence electrons. The fourth-order valence-corrected chi connectivity index (χ4v) is 3.30. The van der Waals surface area contributed by atoms with Gasteiger partial charge in [0.15, 0.2) is 0 Å². The Morgan fingerprint density at radius 2 is 2.00 bits per heavy atom. The number of nitrogens with zero attached hydrogens (tertiary/aromatic N) is 2. The Hall–Kier alpha value is -2.73. The summed E-state index contributed by atoms with van der Waals surface area (Å²) in [5, 5.41) is 13.8. The second kappa shape index (κ2) is 8.10. The van der Waals surface area contributed by atoms with Crippen molar-refractivity contribution >= 4 is 11.6 Å². The summed E-state index contributed by atoms with van der Waals surface area (Å²) < 4.78 is 0. The maximum absolute atomic E-state index is 12.2. The van der Waals surface area contributed by atoms with Crippen molar-refractivity contribution in [2.75, 3.05) is 19.6 Å². The normalized spacial score (nSPS) is 13.9. The van der Waals surface area contributed by atoms with Crippen molar-refractivity contribution in [2.45, 2.75) is 26.3 Å². The quantitative estimate of drug-likeness (QED) is 0.492. The molecule has 0 bridgehead atoms. The molecule has 6 nitrogen and oxygen atoms in total. The molecule has 0 unspecified atom stereocenters. The second-order valence-electron chi connectivity index (χ2n) is 6.66. The first-order chi connectivity index (χ1) is 12.5. The summed E-state index contributed by atoms with van der Waals surface area (Å²) in [6.45, 7) is 5.13. The molecule has 3 rings (SSSR count). The van der Waals surface area contributed by atoms with Crippen LogP contribution in [0.1, 0.15) is 33.5 Å². The fourth-order valence-electron chi connectivity index (χ4n) is 3.30. The largest absolute Gasteiger partial charge is 0.352 e. The van der Waals surface area contributed by atoms with Gasteiger partial charge in [0, 0.05) is 43.4 Å². The van der Waals surface area contributed by atoms with Crippen LogP contribution in [0, 0.1) is 17.0 Å². The van der Waals surface area contributed by atoms with Gasteiger partial charge in [-0.2, -0.15) is 0 Å². The van der Waals surface area contributed by atoms with Gasteiger partial charge in [0.05, 0.1) is 4.92 Å². The highest BCUT2D eigenvalue weighted by atomic mass is 16.6. The number of rotatable bonds is 6. The molecule has 0 atom stereocenters. The molecule has 1 aliphatic rings. The van der Waals surface area contributed by atoms with Crippen molar-refractivity contribution in [2.24, 2.45) is 0 Å². The maximum atomic E-state index is 12.2. The SMILES string of the molecule is Cc1ccc(C(=O)NCCCN2CCc3ccccc3C2)cc1[N+](=O)[O-]. The predicted molar refractivity (Wildman–Crippen MR) is 100 cm³/mol. The number of nitro benzene ring substituents is 1. The van der Waals surface area contributed by atoms with E-state index in [1.807, 2.05) is 0 Å². The van der Waals surface area contributed by atoms with Crippen LogP contribution in [-0.2, 0) is 13.0 Å². The minimum atomic E-state index is -0.458. The van der Waals surface area contributed by atoms with Crippen LogP contribution in [0.3, 0.4) is 0 Å². The van der Waals surface area contributed by atoms with Crippen LogP contribution in [-0.4, -0.2) is 35.4 Å². The summed E-state index contributed by atoms with van der Waals surface area (Å²) in [6, 6.07) is 13.1. The zero-order valence-corrected chi connectivity index (χ0v) is 14.9. The maximum Gasteiger partial charge on any atom is 0.273 e. The van der Waals surface area contributed by atoms with Gasteiger partial charge in [0.1, 0.15) is 0 Å². The second-order valence-corrected chi connectivity index (χ2v) is 6.66. The molecule has 6 heteroatoms. The topological polar surface area (TPSA) is 75.5 Å². The molecule has 0 aliphatic carbocycles. The third-order valence-corrected chi connectivity index (χ3v) is 4.81. The van der Waals surface area contributed by atoms with Crippen LogP contribution < -0.4 is 5.32 Å². The van der Waals surface area contributed by atoms with Gasteiger partial charge in [-0.15, -0.1) is 0 Å². The molecule has 2 aromatic rings. The van der Waals surface area contributed by atoms with Crippen molar-refractivity contribution < 1.29 is 9.72 Å². The number of nitrogens with one attached hydrogen (secondary N) is 1. The third-order valence-electron chi connectivity index (χ3n) is 4.81. The van der Waals surface area contributed by atoms with Gasteiger partial charge in [-0.05, 0) is 37.0 Å². The molecule has 1 N–H and O–H groups in total. The number of carbonyl (C=O) groups excluding carboxylic acids is 1. The molecule has 0 saturated heterocycles. The van der Waals surface area contributed by atoms with E-state index in [9.17, 15) is 14.9 Å². The van der Waals surface area contributed by atoms with Gasteiger partial charge in [0.25, 0.3) is 11.6 Å². The number of fused-ring (bicyclic) bond motifs is 1. The minimum absolute atomic E-state index is 0.0235. The van der Waals surface area contributed by atoms with Crippen molar-refractivity contribution in [3.8, 4) is 0 Å². The lowest BCUT2D eigenvalue weighted by atomic mass is 10.00. The van der Waals surface area contributed by atoms with Crippen LogP contribution in [0.2, 0.25) is 0 Å². The first kappa shape index (κ1) is 18.1. The van der Waals surface area contributed by atoms with Crippen LogP contribution in [0.4, 0.5) is 5.69 Å². The summed E-state index contributed by atoms with van der Waals surface area (Å²) in [6.07, 6.45) is 1.91. The summed E-state index contributed by atoms with van der Waals surface area (Å²) in [7, 11) is 0. The van der Waals surface area contributed by atoms with E-state index in [1.54, 1.807) is 19.1 Å². The van der Waals surface area contributed by atoms with E-state index < -0.39 is 4.92 Å². The molecule has 26 heavy (non-hydrogen) atoms. The van der Waals surface area contributed by atoms with E-state index in [0.29, 0.717) is 17.7 Å². The Labute approximate surface area is 153 Å². The Bertz CT molecular complexity index is 820. The molecular weight excluding hydrogens is 330 g/mol. The van der Waals surface area contributed by atoms with E-state index in [1.165, 1.54) is 17.2 Å². The number of hydrogen-bond donors (Lipinski definition) is 1. The minimum Gasteiger partial charge on any atom is -0.352 e. The van der Waals surface area contributed by atoms with Gasteiger partial charge in [-0.3, -0.25) is 19.8 Å². The number of hydrogen-bond acceptors (Lipinski definition) is 4. The Morgan fingerprint density at radius 3 is 2.77 bits per heavy atom. The zero-order valence-electron chi connectivity index (χ0n) is 14.9. The number of amides is 1. The Balaban J connectivity index is 1.46. The van der Waals surface area contributed by atoms with E-state index in [2.05, 4.69) is 34.5 Å². The van der Waals surface area contributed by atoms with Crippen LogP contribution >= 0.6 is 0 Å². The van der Waals surface area contributed by atoms with E-state index in [-0.39, 0.29) is 11.6 Å². The summed E-state index contributed by atoms with van der Waals surface area (Å²) >= 11 is 0. The van der Waals surface area contributed by atoms with Gasteiger partial charge in [0.2, 0.25) is 0 Å². The molecule has 1 amide bonds. The molecular formula is C20H23N3O3. The highest BCUT2D eigenvalue weighted by Gasteiger charge is 2.16. The summed E-state index contributed by atoms with van der Waals surface area (Å²) in [4.78, 5) is 25.1. The first-order valence-electron chi connectivity index (χ1n) is 8.87. The smallest absolute Gasteiger partial charge is 0.273 e. The van der Waals surface area contributed by atoms with Crippen molar-refractivity contribution in [1.29, 1.82) is 0 Å². The van der Waals surface area contributed by atoms with E-state index in [0.717, 1.165) is 32.5 Å². The molecule has 0 fully saturated rings. The lowest BCUT2D eigenvalue weighted by Gasteiger charge is -2.28. The van der Waals surface area contributed by atoms with Crippen molar-refractivity contribution in [1.82, 2.24) is 10.2 Å². The predicted octanol–water partition coefficient (Wildman–Crippen LogP) is 3.08. The van der Waals surface area contributed by atoms with E-state index in [4.69, 9.17) is 0 Å². The zero-order chi connectivity index (χ0) is 18.5. The molecule has 0 spiro atoms. The number of benzene rings is 2. The van der Waals surface area contributed by atoms with Crippen LogP contribution in [0.15, 0.2) is 42.5 Å². The number of nitro groups is 1. The van der Waals surface area contributed by atoms with Crippen LogP contribution in [0.5, 0.6) is 0 Å². The number of carbonyl (C=O) groups is 1. The molecule has 0 aromatic heterocycles. The molecule has 1 aliphatic heterocycles. The fraction of sp³-hybridized carbons (Fsp3) is 0.350. The van der Waals surface area contributed by atoms with Crippen LogP contribution in [0.25, 0.3) is 0 Å². The Morgan fingerprint density at radius 1 is 1.23 bits per heavy atom. The molecule has 1 heterocycles. The molecule has 0 radical (unpaired) electrons. The molecule has 0 saturated carbocycles. The summed E-state index contributed by atoms with van der Waals surface area (Å²) in [5.74, 6) is -0.267. The lowest BCUT2D eigenvalue weighted by Crippen LogP contribution is -2.33. The van der Waals surface area contributed by atoms with Gasteiger partial charge < -0.3 is 5.32 Å². The van der Waals surface area contributed by atoms with Crippen molar-refractivity contribution in [3.63, 3.8) is 0 Å². The standard InChI is InChI=1S/C20H23N3O3/c1-15-7-8-17(13-19(15)23(25)26)20(24)21-10-4-11-22-12-9-16-5-2-3-6-18(16)14-22/h2-3,5-8,13H,4,9-12,14H2,1H3,(H,21,24). The number of aryl methyl sites for hydroxylation is 1. The van der Waals surface area contributed by atoms with Gasteiger partial charge in [-0.1, -0.05) is 30.3 Å². The average Bonchev–Trinajstić information content (AvgIpc) is 2.65. The monoisotopic (exact) mass is 353 g/mol. The van der Waals surface area contributed by atoms with E-state index >= 15 is 0 Å². The Kier molecular flexibility index (Phi) is 5.63. The lowest BCUT2D eigenvalue weighted by molar-refractivity contribution is -0.385. The average molecular weight is 353 g/mol. The van der Waals surface area contributed by atoms with Crippen molar-refractivity contribution in [3.05, 3.63) is 74.8 Å². The van der Waals surface area contributed by atoms with Gasteiger partial charge >= 0.3 is 0 Å². The highest BCUT2D eigenvalue weighted by molar-refractivity contribution is 5.94. The molecule has 2 aromatic carbocycles.